The summed E-state index contributed by atoms with van der Waals surface area (Å²) in [5.74, 6) is -0.0648. The molecular formula is C38H32N2O2. The number of benzene rings is 5. The van der Waals surface area contributed by atoms with E-state index in [1.165, 1.54) is 0 Å². The summed E-state index contributed by atoms with van der Waals surface area (Å²) >= 11 is 0. The van der Waals surface area contributed by atoms with Crippen molar-refractivity contribution in [2.75, 3.05) is 18.5 Å². The number of para-hydroxylation sites is 1. The van der Waals surface area contributed by atoms with Crippen molar-refractivity contribution < 1.29 is 9.59 Å². The Bertz CT molecular complexity index is 1880. The number of anilines is 1. The Morgan fingerprint density at radius 2 is 1.48 bits per heavy atom. The van der Waals surface area contributed by atoms with Crippen molar-refractivity contribution in [2.24, 2.45) is 5.41 Å². The molecule has 0 bridgehead atoms. The molecule has 1 fully saturated rings. The fourth-order valence-corrected chi connectivity index (χ4v) is 8.56. The molecule has 0 unspecified atom stereocenters. The first-order chi connectivity index (χ1) is 20.6. The lowest BCUT2D eigenvalue weighted by atomic mass is 9.53. The number of carbonyl (C=O) groups is 2. The Morgan fingerprint density at radius 3 is 2.36 bits per heavy atom. The first kappa shape index (κ1) is 25.2. The van der Waals surface area contributed by atoms with Crippen molar-refractivity contribution in [2.45, 2.75) is 30.8 Å². The number of carbonyl (C=O) groups excluding carboxylic acids is 2. The molecule has 1 saturated heterocycles. The van der Waals surface area contributed by atoms with Gasteiger partial charge in [-0.05, 0) is 53.4 Å². The lowest BCUT2D eigenvalue weighted by Crippen LogP contribution is -2.61. The predicted octanol–water partition coefficient (Wildman–Crippen LogP) is 7.13. The number of rotatable bonds is 3. The number of aryl methyl sites for hydroxylation is 1. The van der Waals surface area contributed by atoms with Crippen molar-refractivity contribution in [1.29, 1.82) is 0 Å². The van der Waals surface area contributed by atoms with Crippen LogP contribution in [0.4, 0.5) is 5.69 Å². The SMILES string of the molecule is CN1C[C@H](c2cccc3ccccc23)[C@]2(CCc3ccccc3C2=O)[C@]12C(=O)N(Cc1ccccc1)c1ccccc12. The molecule has 3 aliphatic rings. The summed E-state index contributed by atoms with van der Waals surface area (Å²) in [5.41, 5.74) is 3.81. The molecule has 3 atom stereocenters. The van der Waals surface area contributed by atoms with Crippen molar-refractivity contribution in [3.8, 4) is 0 Å². The number of hydrogen-bond acceptors (Lipinski definition) is 3. The Balaban J connectivity index is 1.41. The van der Waals surface area contributed by atoms with E-state index in [0.717, 1.165) is 50.7 Å². The van der Waals surface area contributed by atoms with Crippen molar-refractivity contribution >= 4 is 28.2 Å². The highest BCUT2D eigenvalue weighted by molar-refractivity contribution is 6.16. The van der Waals surface area contributed by atoms with Crippen molar-refractivity contribution in [1.82, 2.24) is 4.90 Å². The van der Waals surface area contributed by atoms with Crippen LogP contribution in [0.25, 0.3) is 10.8 Å². The van der Waals surface area contributed by atoms with E-state index < -0.39 is 11.0 Å². The molecule has 8 rings (SSSR count). The molecule has 4 nitrogen and oxygen atoms in total. The molecule has 0 N–H and O–H groups in total. The third-order valence-corrected chi connectivity index (χ3v) is 10.2. The van der Waals surface area contributed by atoms with Gasteiger partial charge in [0, 0.05) is 29.3 Å². The van der Waals surface area contributed by atoms with Crippen molar-refractivity contribution in [3.63, 3.8) is 0 Å². The van der Waals surface area contributed by atoms with Crippen LogP contribution in [0, 0.1) is 5.41 Å². The summed E-state index contributed by atoms with van der Waals surface area (Å²) in [6, 6.07) is 41.2. The second kappa shape index (κ2) is 9.23. The Morgan fingerprint density at radius 1 is 0.762 bits per heavy atom. The molecule has 0 saturated carbocycles. The lowest BCUT2D eigenvalue weighted by molar-refractivity contribution is -0.133. The smallest absolute Gasteiger partial charge is 0.253 e. The maximum absolute atomic E-state index is 15.3. The average Bonchev–Trinajstić information content (AvgIpc) is 3.44. The predicted molar refractivity (Wildman–Crippen MR) is 167 cm³/mol. The molecule has 1 aliphatic carbocycles. The second-order valence-electron chi connectivity index (χ2n) is 12.1. The summed E-state index contributed by atoms with van der Waals surface area (Å²) in [4.78, 5) is 34.7. The van der Waals surface area contributed by atoms with Gasteiger partial charge in [-0.2, -0.15) is 0 Å². The zero-order valence-electron chi connectivity index (χ0n) is 23.7. The lowest BCUT2D eigenvalue weighted by Gasteiger charge is -2.48. The fourth-order valence-electron chi connectivity index (χ4n) is 8.56. The van der Waals surface area contributed by atoms with Crippen LogP contribution >= 0.6 is 0 Å². The van der Waals surface area contributed by atoms with E-state index in [1.54, 1.807) is 0 Å². The third-order valence-electron chi connectivity index (χ3n) is 10.2. The van der Waals surface area contributed by atoms with Crippen LogP contribution in [-0.4, -0.2) is 30.2 Å². The number of likely N-dealkylation sites (tertiary alicyclic amines) is 1. The van der Waals surface area contributed by atoms with Crippen molar-refractivity contribution in [3.05, 3.63) is 149 Å². The maximum Gasteiger partial charge on any atom is 0.253 e. The molecule has 2 spiro atoms. The van der Waals surface area contributed by atoms with E-state index in [4.69, 9.17) is 0 Å². The zero-order valence-corrected chi connectivity index (χ0v) is 23.7. The molecule has 5 aromatic carbocycles. The number of likely N-dealkylation sites (N-methyl/N-ethyl adjacent to an activating group) is 1. The standard InChI is InChI=1S/C38H32N2O2/c1-39-25-33(31-19-11-16-27-14-5-7-17-29(27)31)37(23-22-28-15-6-8-18-30(28)35(37)41)38(39)32-20-9-10-21-34(32)40(36(38)42)24-26-12-3-2-4-13-26/h2-21,33H,22-25H2,1H3/t33-,37+,38+/m1/s1. The van der Waals surface area contributed by atoms with E-state index in [0.29, 0.717) is 19.5 Å². The molecular weight excluding hydrogens is 516 g/mol. The van der Waals surface area contributed by atoms with Gasteiger partial charge < -0.3 is 4.90 Å². The van der Waals surface area contributed by atoms with Gasteiger partial charge in [-0.3, -0.25) is 14.5 Å². The molecule has 206 valence electrons. The maximum atomic E-state index is 15.3. The summed E-state index contributed by atoms with van der Waals surface area (Å²) in [6.07, 6.45) is 1.37. The highest BCUT2D eigenvalue weighted by atomic mass is 16.2. The summed E-state index contributed by atoms with van der Waals surface area (Å²) in [5, 5.41) is 2.31. The minimum Gasteiger partial charge on any atom is -0.306 e. The van der Waals surface area contributed by atoms with Gasteiger partial charge in [0.25, 0.3) is 5.91 Å². The first-order valence-corrected chi connectivity index (χ1v) is 14.8. The Kier molecular flexibility index (Phi) is 5.54. The molecule has 5 aromatic rings. The molecule has 0 radical (unpaired) electrons. The molecule has 0 aromatic heterocycles. The minimum absolute atomic E-state index is 0.00511. The number of Topliss-reactive ketones (excluding diaryl/α,β-unsaturated/α-hetero) is 1. The molecule has 4 heteroatoms. The van der Waals surface area contributed by atoms with Gasteiger partial charge in [-0.15, -0.1) is 0 Å². The van der Waals surface area contributed by atoms with E-state index in [-0.39, 0.29) is 17.6 Å². The quantitative estimate of drug-likeness (QED) is 0.241. The Labute approximate surface area is 246 Å². The van der Waals surface area contributed by atoms with Crippen LogP contribution in [-0.2, 0) is 23.3 Å². The van der Waals surface area contributed by atoms with Crippen LogP contribution in [0.1, 0.15) is 45.0 Å². The van der Waals surface area contributed by atoms with Gasteiger partial charge in [-0.1, -0.05) is 115 Å². The normalized spacial score (nSPS) is 25.0. The van der Waals surface area contributed by atoms with Gasteiger partial charge in [-0.25, -0.2) is 0 Å². The summed E-state index contributed by atoms with van der Waals surface area (Å²) in [6.45, 7) is 1.08. The minimum atomic E-state index is -1.12. The van der Waals surface area contributed by atoms with E-state index in [2.05, 4.69) is 84.7 Å². The van der Waals surface area contributed by atoms with Gasteiger partial charge in [0.05, 0.1) is 12.0 Å². The van der Waals surface area contributed by atoms with Crippen LogP contribution in [0.3, 0.4) is 0 Å². The largest absolute Gasteiger partial charge is 0.306 e. The van der Waals surface area contributed by atoms with Gasteiger partial charge in [0.1, 0.15) is 5.54 Å². The number of amides is 1. The second-order valence-corrected chi connectivity index (χ2v) is 12.1. The van der Waals surface area contributed by atoms with E-state index in [1.807, 2.05) is 53.4 Å². The molecule has 1 amide bonds. The topological polar surface area (TPSA) is 40.6 Å². The van der Waals surface area contributed by atoms with Crippen LogP contribution in [0.15, 0.2) is 121 Å². The number of hydrogen-bond donors (Lipinski definition) is 0. The van der Waals surface area contributed by atoms with E-state index >= 15 is 9.59 Å². The zero-order chi connectivity index (χ0) is 28.5. The number of ketones is 1. The monoisotopic (exact) mass is 548 g/mol. The third kappa shape index (κ3) is 3.16. The van der Waals surface area contributed by atoms with Crippen LogP contribution < -0.4 is 4.90 Å². The van der Waals surface area contributed by atoms with Crippen LogP contribution in [0.5, 0.6) is 0 Å². The van der Waals surface area contributed by atoms with Gasteiger partial charge in [0.2, 0.25) is 0 Å². The average molecular weight is 549 g/mol. The number of nitrogens with zero attached hydrogens (tertiary/aromatic N) is 2. The van der Waals surface area contributed by atoms with E-state index in [9.17, 15) is 0 Å². The summed E-state index contributed by atoms with van der Waals surface area (Å²) in [7, 11) is 2.06. The highest BCUT2D eigenvalue weighted by Crippen LogP contribution is 2.67. The number of fused-ring (bicyclic) bond motifs is 5. The Hall–Kier alpha value is -4.54. The molecule has 42 heavy (non-hydrogen) atoms. The fraction of sp³-hybridized carbons (Fsp3) is 0.211. The summed E-state index contributed by atoms with van der Waals surface area (Å²) < 4.78 is 0. The van der Waals surface area contributed by atoms with Gasteiger partial charge >= 0.3 is 0 Å². The highest BCUT2D eigenvalue weighted by Gasteiger charge is 2.75. The van der Waals surface area contributed by atoms with Crippen LogP contribution in [0.2, 0.25) is 0 Å². The molecule has 2 heterocycles. The van der Waals surface area contributed by atoms with Gasteiger partial charge in [0.15, 0.2) is 5.78 Å². The molecule has 2 aliphatic heterocycles. The first-order valence-electron chi connectivity index (χ1n) is 14.8.